The van der Waals surface area contributed by atoms with E-state index in [4.69, 9.17) is 26.2 Å². The highest BCUT2D eigenvalue weighted by Gasteiger charge is 2.31. The molecule has 20 nitrogen and oxygen atoms in total. The largest absolute Gasteiger partial charge is 0.437 e. The molecule has 0 atom stereocenters. The number of pyridine rings is 5. The number of hydrogen-bond acceptors (Lipinski definition) is 15. The Morgan fingerprint density at radius 1 is 0.252 bits per heavy atom. The third-order valence-corrected chi connectivity index (χ3v) is 24.6. The number of hydrogen-bond donors (Lipinski definition) is 0. The molecule has 127 heavy (non-hydrogen) atoms. The van der Waals surface area contributed by atoms with Crippen molar-refractivity contribution in [3.63, 3.8) is 0 Å². The molecule has 25 aromatic rings. The van der Waals surface area contributed by atoms with Crippen LogP contribution in [0.15, 0.2) is 315 Å². The van der Waals surface area contributed by atoms with Crippen LogP contribution in [0.25, 0.3) is 221 Å². The summed E-state index contributed by atoms with van der Waals surface area (Å²) in [4.78, 5) is 43.9. The van der Waals surface area contributed by atoms with Crippen LogP contribution in [-0.4, -0.2) is 49.8 Å². The Balaban J connectivity index is 0.0000000984. The molecule has 0 aliphatic heterocycles. The van der Waals surface area contributed by atoms with Gasteiger partial charge in [-0.2, -0.15) is 9.13 Å². The summed E-state index contributed by atoms with van der Waals surface area (Å²) in [6.45, 7) is 10.4. The lowest BCUT2D eigenvalue weighted by Crippen LogP contribution is -2.31. The fourth-order valence-corrected chi connectivity index (χ4v) is 18.7. The first-order valence-corrected chi connectivity index (χ1v) is 41.8. The number of aryl methyl sites for hydroxylation is 12. The molecule has 0 spiro atoms. The van der Waals surface area contributed by atoms with E-state index in [1.54, 1.807) is 54.1 Å². The Bertz CT molecular complexity index is 8470. The van der Waals surface area contributed by atoms with Gasteiger partial charge in [-0.15, -0.1) is 0 Å². The van der Waals surface area contributed by atoms with Crippen LogP contribution in [0.2, 0.25) is 0 Å². The first-order chi connectivity index (χ1) is 63.3. The smallest absolute Gasteiger partial charge is 0.334 e. The molecule has 0 bridgehead atoms. The van der Waals surface area contributed by atoms with Crippen LogP contribution in [-0.2, 0) is 35.2 Å². The van der Waals surface area contributed by atoms with Gasteiger partial charge < -0.3 is 22.1 Å². The average molecular weight is 1660 g/mol. The topological polar surface area (TPSA) is 214 Å². The molecule has 0 amide bonds. The van der Waals surface area contributed by atoms with Gasteiger partial charge in [-0.25, -0.2) is 43.6 Å². The van der Waals surface area contributed by atoms with Crippen LogP contribution in [0.1, 0.15) is 43.3 Å². The maximum absolute atomic E-state index is 7.63. The first-order valence-electron chi connectivity index (χ1n) is 43.3. The summed E-state index contributed by atoms with van der Waals surface area (Å²) in [6, 6.07) is 68.2. The lowest BCUT2D eigenvalue weighted by Gasteiger charge is -2.11. The van der Waals surface area contributed by atoms with Crippen molar-refractivity contribution < 1.29 is 49.0 Å². The predicted octanol–water partition coefficient (Wildman–Crippen LogP) is 22.3. The first kappa shape index (κ1) is 74.5. The summed E-state index contributed by atoms with van der Waals surface area (Å²) < 4.78 is 64.0. The maximum atomic E-state index is 7.63. The lowest BCUT2D eigenvalue weighted by molar-refractivity contribution is -0.663. The highest BCUT2D eigenvalue weighted by molar-refractivity contribution is 6.28. The predicted molar refractivity (Wildman–Crippen MR) is 500 cm³/mol. The van der Waals surface area contributed by atoms with E-state index in [9.17, 15) is 0 Å². The van der Waals surface area contributed by atoms with Gasteiger partial charge in [0.05, 0.1) is 68.2 Å². The molecular weight excluding hydrogens is 1580 g/mol. The van der Waals surface area contributed by atoms with Gasteiger partial charge in [0.15, 0.2) is 34.8 Å². The van der Waals surface area contributed by atoms with Gasteiger partial charge in [0.1, 0.15) is 60.3 Å². The summed E-state index contributed by atoms with van der Waals surface area (Å²) in [5, 5.41) is 22.5. The maximum Gasteiger partial charge on any atom is 0.334 e. The van der Waals surface area contributed by atoms with Crippen molar-refractivity contribution >= 4 is 164 Å². The molecule has 0 saturated carbocycles. The summed E-state index contributed by atoms with van der Waals surface area (Å²) in [6.07, 6.45) is 26.9. The number of aromatic nitrogens is 15. The fourth-order valence-electron chi connectivity index (χ4n) is 18.7. The van der Waals surface area contributed by atoms with Gasteiger partial charge in [0.25, 0.3) is 12.7 Å². The second-order valence-electron chi connectivity index (χ2n) is 32.0. The Hall–Kier alpha value is -16.4. The molecule has 0 saturated heterocycles. The third-order valence-electron chi connectivity index (χ3n) is 24.6. The minimum absolute atomic E-state index is 0.0599. The number of fused-ring (bicyclic) bond motifs is 25. The standard InChI is InChI=1S/2C22H18N3O.3C21H16N3O/c1-13-12-25(3)18(11-24-13)19-14(2)15-7-4-5-8-16(15)20-17-9-6-10-23-22(17)26-21(19)20;1-13-11-18(25(3)12-24-13)19-14(2)15-7-4-5-8-16(15)20-17-9-6-10-23-22(17)26-21(19)20;1-13-14-7-3-4-8-15(14)18-16-9-5-10-23-21(16)25-19(18)17(13)20-22-11-6-12-24(20)2;1-13-14-6-3-4-7-15(14)19-16-8-5-10-23-21(16)25-20(19)18(13)17-9-11-22-12-24(17)2;1-13-14-6-3-4-7-15(14)19-16-8-5-9-23-21(16)25-20(19)18(13)17-12-22-10-11-24(17)2/h2*4-12H,1-3H3;3*3-12H,1-2H3/q5*+1/i1D3;;;;. The van der Waals surface area contributed by atoms with Crippen LogP contribution in [0.4, 0.5) is 0 Å². The molecular formula is C107H84N15O5+5. The van der Waals surface area contributed by atoms with Gasteiger partial charge in [-0.1, -0.05) is 131 Å². The SMILES string of the molecule is Cc1c(-c2ccnc[n+]2C)c2oc3ncccc3c2c2ccccc12.Cc1c(-c2cncc[n+]2C)c2oc3ncccc3c2c2ccccc12.Cc1c(-c2nccc[n+]2C)c2oc3ncccc3c2c2ccccc12.Cc1cc(-c2c(C)c3ccccc3c3c2oc2ncccc23)[n+](C)cn1.[2H]C([2H])([2H])c1c[n+](C)c(-c2c(C)c3ccccc3c3c2oc2ncccc23)cn1. The van der Waals surface area contributed by atoms with Crippen molar-refractivity contribution in [3.05, 3.63) is 333 Å². The Morgan fingerprint density at radius 2 is 0.591 bits per heavy atom. The molecule has 0 unspecified atom stereocenters. The molecule has 0 aliphatic carbocycles. The van der Waals surface area contributed by atoms with Crippen molar-refractivity contribution in [2.75, 3.05) is 0 Å². The van der Waals surface area contributed by atoms with Crippen LogP contribution in [0, 0.1) is 48.4 Å². The van der Waals surface area contributed by atoms with Crippen molar-refractivity contribution in [2.45, 2.75) is 48.4 Å². The van der Waals surface area contributed by atoms with Gasteiger partial charge in [-0.3, -0.25) is 4.98 Å². The van der Waals surface area contributed by atoms with Crippen LogP contribution in [0.5, 0.6) is 0 Å². The zero-order valence-corrected chi connectivity index (χ0v) is 71.5. The van der Waals surface area contributed by atoms with Crippen molar-refractivity contribution in [1.82, 2.24) is 49.8 Å². The third kappa shape index (κ3) is 13.0. The summed E-state index contributed by atoms with van der Waals surface area (Å²) in [5.74, 6) is 0.884. The molecule has 0 N–H and O–H groups in total. The highest BCUT2D eigenvalue weighted by atomic mass is 16.4. The minimum atomic E-state index is -2.26. The van der Waals surface area contributed by atoms with Crippen LogP contribution < -0.4 is 22.8 Å². The number of benzene rings is 10. The van der Waals surface area contributed by atoms with Gasteiger partial charge in [0, 0.05) is 114 Å². The second kappa shape index (κ2) is 31.5. The Kier molecular flexibility index (Phi) is 18.5. The molecule has 0 fully saturated rings. The number of furan rings is 5. The van der Waals surface area contributed by atoms with E-state index in [0.717, 1.165) is 166 Å². The number of nitrogens with zero attached hydrogens (tertiary/aromatic N) is 15. The van der Waals surface area contributed by atoms with Crippen molar-refractivity contribution in [1.29, 1.82) is 0 Å². The zero-order valence-electron chi connectivity index (χ0n) is 74.5. The zero-order chi connectivity index (χ0) is 89.1. The van der Waals surface area contributed by atoms with E-state index < -0.39 is 6.85 Å². The van der Waals surface area contributed by atoms with Gasteiger partial charge >= 0.3 is 5.82 Å². The molecule has 0 aliphatic rings. The normalized spacial score (nSPS) is 12.1. The van der Waals surface area contributed by atoms with E-state index in [2.05, 4.69) is 229 Å². The van der Waals surface area contributed by atoms with E-state index in [1.807, 2.05) is 160 Å². The van der Waals surface area contributed by atoms with E-state index in [1.165, 1.54) is 59.8 Å². The molecule has 20 heteroatoms. The monoisotopic (exact) mass is 1660 g/mol. The van der Waals surface area contributed by atoms with Gasteiger partial charge in [0.2, 0.25) is 40.0 Å². The lowest BCUT2D eigenvalue weighted by atomic mass is 9.93. The quantitative estimate of drug-likeness (QED) is 0.147. The Morgan fingerprint density at radius 3 is 0.961 bits per heavy atom. The number of rotatable bonds is 5. The summed E-state index contributed by atoms with van der Waals surface area (Å²) >= 11 is 0. The highest BCUT2D eigenvalue weighted by Crippen LogP contribution is 2.48. The molecule has 15 heterocycles. The average Bonchev–Trinajstić information content (AvgIpc) is 1.58. The molecule has 15 aromatic heterocycles. The van der Waals surface area contributed by atoms with E-state index >= 15 is 0 Å². The van der Waals surface area contributed by atoms with E-state index in [0.29, 0.717) is 28.6 Å². The van der Waals surface area contributed by atoms with Crippen molar-refractivity contribution in [2.24, 2.45) is 35.2 Å². The van der Waals surface area contributed by atoms with Crippen molar-refractivity contribution in [3.8, 4) is 56.4 Å². The minimum Gasteiger partial charge on any atom is -0.437 e. The van der Waals surface area contributed by atoms with E-state index in [-0.39, 0.29) is 5.69 Å². The van der Waals surface area contributed by atoms with Crippen LogP contribution >= 0.6 is 0 Å². The Labute approximate surface area is 731 Å². The van der Waals surface area contributed by atoms with Crippen LogP contribution in [0.3, 0.4) is 0 Å². The molecule has 25 rings (SSSR count). The fraction of sp³-hybridized carbons (Fsp3) is 0.112. The summed E-state index contributed by atoms with van der Waals surface area (Å²) in [5.41, 5.74) is 23.4. The summed E-state index contributed by atoms with van der Waals surface area (Å²) in [7, 11) is 9.88. The molecule has 612 valence electrons. The second-order valence-corrected chi connectivity index (χ2v) is 32.0. The molecule has 10 aromatic carbocycles. The molecule has 0 radical (unpaired) electrons. The van der Waals surface area contributed by atoms with Gasteiger partial charge in [-0.05, 0) is 189 Å².